The van der Waals surface area contributed by atoms with Gasteiger partial charge in [-0.25, -0.2) is 0 Å². The molecule has 2 aliphatic rings. The van der Waals surface area contributed by atoms with Crippen LogP contribution in [0.1, 0.15) is 46.1 Å². The van der Waals surface area contributed by atoms with E-state index in [1.807, 2.05) is 12.4 Å². The van der Waals surface area contributed by atoms with E-state index in [4.69, 9.17) is 0 Å². The fourth-order valence-corrected chi connectivity index (χ4v) is 4.23. The Kier molecular flexibility index (Phi) is 2.57. The predicted molar refractivity (Wildman–Crippen MR) is 74.5 cm³/mol. The average molecular weight is 244 g/mol. The lowest BCUT2D eigenvalue weighted by molar-refractivity contribution is 0.104. The highest BCUT2D eigenvalue weighted by atomic mass is 15.3. The van der Waals surface area contributed by atoms with Gasteiger partial charge >= 0.3 is 0 Å². The van der Waals surface area contributed by atoms with Crippen LogP contribution in [0.3, 0.4) is 0 Å². The molecule has 1 saturated heterocycles. The minimum absolute atomic E-state index is 0.303. The number of fused-ring (bicyclic) bond motifs is 1. The zero-order valence-corrected chi connectivity index (χ0v) is 12.0. The number of rotatable bonds is 2. The van der Waals surface area contributed by atoms with Gasteiger partial charge in [0.15, 0.2) is 0 Å². The van der Waals surface area contributed by atoms with Crippen LogP contribution in [-0.2, 0) is 6.42 Å². The van der Waals surface area contributed by atoms with Gasteiger partial charge in [-0.15, -0.1) is 0 Å². The summed E-state index contributed by atoms with van der Waals surface area (Å²) >= 11 is 0. The minimum Gasteiger partial charge on any atom is -0.292 e. The van der Waals surface area contributed by atoms with E-state index >= 15 is 0 Å². The Morgan fingerprint density at radius 3 is 2.72 bits per heavy atom. The number of hydrogen-bond acceptors (Lipinski definition) is 2. The molecule has 1 aromatic heterocycles. The summed E-state index contributed by atoms with van der Waals surface area (Å²) in [5, 5.41) is 0. The van der Waals surface area contributed by atoms with Gasteiger partial charge in [-0.2, -0.15) is 0 Å². The minimum atomic E-state index is 0.303. The maximum Gasteiger partial charge on any atom is 0.0300 e. The van der Waals surface area contributed by atoms with Crippen molar-refractivity contribution in [3.8, 4) is 0 Å². The van der Waals surface area contributed by atoms with Gasteiger partial charge in [-0.3, -0.25) is 9.88 Å². The third-order valence-electron chi connectivity index (χ3n) is 4.71. The van der Waals surface area contributed by atoms with E-state index in [-0.39, 0.29) is 0 Å². The lowest BCUT2D eigenvalue weighted by Gasteiger charge is -2.37. The van der Waals surface area contributed by atoms with Crippen LogP contribution in [0, 0.1) is 5.41 Å². The quantitative estimate of drug-likeness (QED) is 0.793. The molecule has 18 heavy (non-hydrogen) atoms. The largest absolute Gasteiger partial charge is 0.292 e. The smallest absolute Gasteiger partial charge is 0.0300 e. The van der Waals surface area contributed by atoms with Crippen LogP contribution in [-0.4, -0.2) is 27.5 Å². The Hall–Kier alpha value is -0.890. The predicted octanol–water partition coefficient (Wildman–Crippen LogP) is 3.28. The molecule has 0 unspecified atom stereocenters. The van der Waals surface area contributed by atoms with Crippen molar-refractivity contribution in [3.05, 3.63) is 30.1 Å². The molecular weight excluding hydrogens is 220 g/mol. The molecule has 3 rings (SSSR count). The standard InChI is InChI=1S/C16H24N2/c1-12-8-16(9-13-6-5-7-17-11-13)10-14(16)18(12)15(2,3)4/h5-7,11-12,14H,8-10H2,1-4H3/t12-,14-,16-/m1/s1. The SMILES string of the molecule is C[C@@H]1C[C@@]2(Cc3cccnc3)C[C@H]2N1C(C)(C)C. The first kappa shape index (κ1) is 12.2. The Morgan fingerprint density at radius 2 is 2.17 bits per heavy atom. The van der Waals surface area contributed by atoms with Gasteiger partial charge in [0.25, 0.3) is 0 Å². The number of nitrogens with zero attached hydrogens (tertiary/aromatic N) is 2. The first-order valence-corrected chi connectivity index (χ1v) is 7.10. The van der Waals surface area contributed by atoms with E-state index in [9.17, 15) is 0 Å². The van der Waals surface area contributed by atoms with Crippen molar-refractivity contribution in [3.63, 3.8) is 0 Å². The van der Waals surface area contributed by atoms with Crippen LogP contribution in [0.2, 0.25) is 0 Å². The molecule has 0 aromatic carbocycles. The Balaban J connectivity index is 1.77. The summed E-state index contributed by atoms with van der Waals surface area (Å²) in [4.78, 5) is 6.99. The highest BCUT2D eigenvalue weighted by Gasteiger charge is 2.64. The first-order valence-electron chi connectivity index (χ1n) is 7.10. The molecule has 2 heterocycles. The van der Waals surface area contributed by atoms with Gasteiger partial charge < -0.3 is 0 Å². The summed E-state index contributed by atoms with van der Waals surface area (Å²) in [6.45, 7) is 9.44. The van der Waals surface area contributed by atoms with Crippen LogP contribution in [0.25, 0.3) is 0 Å². The summed E-state index contributed by atoms with van der Waals surface area (Å²) < 4.78 is 0. The van der Waals surface area contributed by atoms with Crippen LogP contribution in [0.4, 0.5) is 0 Å². The van der Waals surface area contributed by atoms with Crippen molar-refractivity contribution < 1.29 is 0 Å². The van der Waals surface area contributed by atoms with Crippen molar-refractivity contribution in [1.82, 2.24) is 9.88 Å². The number of aromatic nitrogens is 1. The fourth-order valence-electron chi connectivity index (χ4n) is 4.23. The zero-order chi connectivity index (χ0) is 13.0. The van der Waals surface area contributed by atoms with Gasteiger partial charge in [0.05, 0.1) is 0 Å². The number of hydrogen-bond donors (Lipinski definition) is 0. The van der Waals surface area contributed by atoms with E-state index in [0.29, 0.717) is 11.0 Å². The molecular formula is C16H24N2. The van der Waals surface area contributed by atoms with E-state index < -0.39 is 0 Å². The molecule has 3 atom stereocenters. The normalized spacial score (nSPS) is 35.6. The average Bonchev–Trinajstić information content (AvgIpc) is 2.82. The maximum absolute atomic E-state index is 4.25. The second-order valence-corrected chi connectivity index (χ2v) is 7.25. The van der Waals surface area contributed by atoms with Crippen molar-refractivity contribution in [2.24, 2.45) is 5.41 Å². The van der Waals surface area contributed by atoms with Gasteiger partial charge in [0.1, 0.15) is 0 Å². The van der Waals surface area contributed by atoms with Gasteiger partial charge in [-0.1, -0.05) is 6.07 Å². The molecule has 0 amide bonds. The van der Waals surface area contributed by atoms with Crippen molar-refractivity contribution in [2.75, 3.05) is 0 Å². The molecule has 2 nitrogen and oxygen atoms in total. The van der Waals surface area contributed by atoms with Crippen molar-refractivity contribution in [2.45, 2.75) is 64.6 Å². The molecule has 0 N–H and O–H groups in total. The highest BCUT2D eigenvalue weighted by Crippen LogP contribution is 2.62. The molecule has 2 heteroatoms. The van der Waals surface area contributed by atoms with Crippen LogP contribution < -0.4 is 0 Å². The highest BCUT2D eigenvalue weighted by molar-refractivity contribution is 5.24. The Bertz CT molecular complexity index is 434. The Labute approximate surface area is 110 Å². The molecule has 1 saturated carbocycles. The summed E-state index contributed by atoms with van der Waals surface area (Å²) in [5.74, 6) is 0. The lowest BCUT2D eigenvalue weighted by atomic mass is 9.92. The topological polar surface area (TPSA) is 16.1 Å². The molecule has 0 spiro atoms. The summed E-state index contributed by atoms with van der Waals surface area (Å²) in [6, 6.07) is 5.80. The summed E-state index contributed by atoms with van der Waals surface area (Å²) in [5.41, 5.74) is 2.26. The lowest BCUT2D eigenvalue weighted by Crippen LogP contribution is -2.45. The second kappa shape index (κ2) is 3.80. The van der Waals surface area contributed by atoms with Crippen molar-refractivity contribution in [1.29, 1.82) is 0 Å². The molecule has 0 radical (unpaired) electrons. The van der Waals surface area contributed by atoms with E-state index in [1.165, 1.54) is 24.8 Å². The maximum atomic E-state index is 4.25. The fraction of sp³-hybridized carbons (Fsp3) is 0.688. The van der Waals surface area contributed by atoms with Gasteiger partial charge in [-0.05, 0) is 64.0 Å². The van der Waals surface area contributed by atoms with Crippen LogP contribution >= 0.6 is 0 Å². The molecule has 2 fully saturated rings. The van der Waals surface area contributed by atoms with Gasteiger partial charge in [0.2, 0.25) is 0 Å². The third-order valence-corrected chi connectivity index (χ3v) is 4.71. The van der Waals surface area contributed by atoms with Crippen molar-refractivity contribution >= 4 is 0 Å². The number of likely N-dealkylation sites (tertiary alicyclic amines) is 1. The van der Waals surface area contributed by atoms with E-state index in [1.54, 1.807) is 0 Å². The number of piperidine rings is 1. The second-order valence-electron chi connectivity index (χ2n) is 7.25. The molecule has 98 valence electrons. The molecule has 1 aliphatic heterocycles. The number of pyridine rings is 1. The monoisotopic (exact) mass is 244 g/mol. The van der Waals surface area contributed by atoms with E-state index in [2.05, 4.69) is 49.7 Å². The molecule has 1 aromatic rings. The Morgan fingerprint density at radius 1 is 1.39 bits per heavy atom. The molecule has 1 aliphatic carbocycles. The third kappa shape index (κ3) is 1.87. The van der Waals surface area contributed by atoms with Crippen LogP contribution in [0.5, 0.6) is 0 Å². The van der Waals surface area contributed by atoms with Gasteiger partial charge in [0, 0.05) is 30.0 Å². The zero-order valence-electron chi connectivity index (χ0n) is 12.0. The summed E-state index contributed by atoms with van der Waals surface area (Å²) in [7, 11) is 0. The first-order chi connectivity index (χ1) is 8.42. The van der Waals surface area contributed by atoms with Crippen LogP contribution in [0.15, 0.2) is 24.5 Å². The summed E-state index contributed by atoms with van der Waals surface area (Å²) in [6.07, 6.45) is 7.84. The molecule has 0 bridgehead atoms. The van der Waals surface area contributed by atoms with E-state index in [0.717, 1.165) is 12.1 Å².